The van der Waals surface area contributed by atoms with Crippen LogP contribution in [0.1, 0.15) is 49.8 Å². The van der Waals surface area contributed by atoms with E-state index in [0.717, 1.165) is 34.1 Å². The third-order valence-electron chi connectivity index (χ3n) is 9.30. The Morgan fingerprint density at radius 1 is 0.846 bits per heavy atom. The molecule has 7 nitrogen and oxygen atoms in total. The maximum absolute atomic E-state index is 13.6. The summed E-state index contributed by atoms with van der Waals surface area (Å²) in [7, 11) is 1.61. The van der Waals surface area contributed by atoms with Crippen LogP contribution in [0.2, 0.25) is 0 Å². The van der Waals surface area contributed by atoms with Gasteiger partial charge in [-0.15, -0.1) is 0 Å². The number of imide groups is 2. The average Bonchev–Trinajstić information content (AvgIpc) is 3.39. The van der Waals surface area contributed by atoms with Crippen LogP contribution in [0.4, 0.5) is 10.5 Å². The predicted molar refractivity (Wildman–Crippen MR) is 148 cm³/mol. The normalized spacial score (nSPS) is 28.7. The number of rotatable bonds is 5. The second-order valence-corrected chi connectivity index (χ2v) is 11.7. The van der Waals surface area contributed by atoms with E-state index in [2.05, 4.69) is 17.4 Å². The van der Waals surface area contributed by atoms with Gasteiger partial charge in [-0.25, -0.2) is 9.69 Å². The predicted octanol–water partition coefficient (Wildman–Crippen LogP) is 5.62. The molecular formula is C32H31N3O4. The third-order valence-corrected chi connectivity index (χ3v) is 9.30. The highest BCUT2D eigenvalue weighted by atomic mass is 16.5. The van der Waals surface area contributed by atoms with Crippen LogP contribution in [0.5, 0.6) is 5.75 Å². The number of carbonyl (C=O) groups is 3. The number of benzene rings is 2. The van der Waals surface area contributed by atoms with E-state index < -0.39 is 17.8 Å². The van der Waals surface area contributed by atoms with Crippen LogP contribution < -0.4 is 15.0 Å². The lowest BCUT2D eigenvalue weighted by atomic mass is 9.48. The van der Waals surface area contributed by atoms with Crippen molar-refractivity contribution in [2.24, 2.45) is 17.8 Å². The molecule has 3 aromatic rings. The summed E-state index contributed by atoms with van der Waals surface area (Å²) in [5, 5.41) is 2.35. The molecule has 0 unspecified atom stereocenters. The van der Waals surface area contributed by atoms with Gasteiger partial charge in [0.25, 0.3) is 11.8 Å². The monoisotopic (exact) mass is 521 g/mol. The summed E-state index contributed by atoms with van der Waals surface area (Å²) < 4.78 is 7.11. The molecule has 4 bridgehead atoms. The van der Waals surface area contributed by atoms with Gasteiger partial charge in [-0.05, 0) is 122 Å². The van der Waals surface area contributed by atoms with Gasteiger partial charge in [0, 0.05) is 17.6 Å². The molecule has 5 fully saturated rings. The van der Waals surface area contributed by atoms with Gasteiger partial charge in [-0.2, -0.15) is 0 Å². The number of anilines is 1. The van der Waals surface area contributed by atoms with Crippen molar-refractivity contribution in [2.45, 2.75) is 43.9 Å². The number of urea groups is 1. The minimum absolute atomic E-state index is 0.0896. The molecule has 2 aromatic carbocycles. The summed E-state index contributed by atoms with van der Waals surface area (Å²) in [6, 6.07) is 18.3. The number of carbonyl (C=O) groups excluding carboxylic acids is 3. The highest BCUT2D eigenvalue weighted by molar-refractivity contribution is 6.39. The smallest absolute Gasteiger partial charge is 0.335 e. The molecule has 0 radical (unpaired) electrons. The van der Waals surface area contributed by atoms with Crippen LogP contribution in [-0.2, 0) is 15.0 Å². The SMILES string of the molecule is COc1ccc(-n2cccc2/C=C2\C(=O)NC(=O)N(c3ccc(C45CC6CC(CC(C6)C4)C5)cc3)C2=O)cc1. The fourth-order valence-corrected chi connectivity index (χ4v) is 7.96. The summed E-state index contributed by atoms with van der Waals surface area (Å²) in [5.41, 5.74) is 3.42. The molecule has 0 atom stereocenters. The van der Waals surface area contributed by atoms with Crippen LogP contribution in [0.15, 0.2) is 72.4 Å². The number of nitrogens with zero attached hydrogens (tertiary/aromatic N) is 2. The zero-order chi connectivity index (χ0) is 26.7. The lowest BCUT2D eigenvalue weighted by Gasteiger charge is -2.57. The highest BCUT2D eigenvalue weighted by Crippen LogP contribution is 2.60. The lowest BCUT2D eigenvalue weighted by Crippen LogP contribution is -2.54. The van der Waals surface area contributed by atoms with Crippen LogP contribution in [0.3, 0.4) is 0 Å². The molecule has 4 saturated carbocycles. The molecule has 1 saturated heterocycles. The lowest BCUT2D eigenvalue weighted by molar-refractivity contribution is -0.122. The molecule has 1 N–H and O–H groups in total. The number of ether oxygens (including phenoxy) is 1. The Balaban J connectivity index is 1.17. The summed E-state index contributed by atoms with van der Waals surface area (Å²) in [4.78, 5) is 40.3. The average molecular weight is 522 g/mol. The van der Waals surface area contributed by atoms with Crippen LogP contribution in [0, 0.1) is 17.8 Å². The molecule has 5 aliphatic rings. The first kappa shape index (κ1) is 23.9. The summed E-state index contributed by atoms with van der Waals surface area (Å²) in [6.07, 6.45) is 11.3. The van der Waals surface area contributed by atoms with Gasteiger partial charge in [0.1, 0.15) is 11.3 Å². The van der Waals surface area contributed by atoms with Crippen molar-refractivity contribution in [1.29, 1.82) is 0 Å². The van der Waals surface area contributed by atoms with E-state index >= 15 is 0 Å². The Labute approximate surface area is 227 Å². The van der Waals surface area contributed by atoms with E-state index in [4.69, 9.17) is 4.74 Å². The zero-order valence-corrected chi connectivity index (χ0v) is 21.9. The van der Waals surface area contributed by atoms with E-state index in [1.54, 1.807) is 7.11 Å². The van der Waals surface area contributed by atoms with Gasteiger partial charge in [0.2, 0.25) is 0 Å². The van der Waals surface area contributed by atoms with Gasteiger partial charge in [0.15, 0.2) is 0 Å². The van der Waals surface area contributed by atoms with Gasteiger partial charge >= 0.3 is 6.03 Å². The molecule has 1 aromatic heterocycles. The minimum atomic E-state index is -0.727. The van der Waals surface area contributed by atoms with E-state index in [1.807, 2.05) is 59.3 Å². The van der Waals surface area contributed by atoms with Crippen molar-refractivity contribution in [3.8, 4) is 11.4 Å². The molecule has 4 aliphatic carbocycles. The molecule has 7 heteroatoms. The Kier molecular flexibility index (Phi) is 5.51. The fraction of sp³-hybridized carbons (Fsp3) is 0.344. The Bertz CT molecular complexity index is 1460. The van der Waals surface area contributed by atoms with Crippen molar-refractivity contribution >= 4 is 29.6 Å². The van der Waals surface area contributed by atoms with E-state index in [0.29, 0.717) is 11.4 Å². The van der Waals surface area contributed by atoms with E-state index in [1.165, 1.54) is 50.2 Å². The standard InChI is InChI=1S/C32H31N3O4/c1-39-27-10-8-24(9-11-27)34-12-2-3-26(34)16-28-29(36)33-31(38)35(30(28)37)25-6-4-23(5-7-25)32-17-20-13-21(18-32)15-22(14-20)19-32/h2-12,16,20-22H,13-15,17-19H2,1H3,(H,33,36,38)/b28-16+. The van der Waals surface area contributed by atoms with Gasteiger partial charge in [-0.3, -0.25) is 14.9 Å². The third kappa shape index (κ3) is 3.99. The molecule has 1 aliphatic heterocycles. The molecule has 0 spiro atoms. The number of hydrogen-bond donors (Lipinski definition) is 1. The Morgan fingerprint density at radius 3 is 2.08 bits per heavy atom. The maximum Gasteiger partial charge on any atom is 0.335 e. The fourth-order valence-electron chi connectivity index (χ4n) is 7.96. The maximum atomic E-state index is 13.6. The molecule has 2 heterocycles. The Morgan fingerprint density at radius 2 is 1.46 bits per heavy atom. The van der Waals surface area contributed by atoms with E-state index in [9.17, 15) is 14.4 Å². The molecule has 39 heavy (non-hydrogen) atoms. The second kappa shape index (κ2) is 8.97. The number of hydrogen-bond acceptors (Lipinski definition) is 4. The van der Waals surface area contributed by atoms with Crippen LogP contribution in [-0.4, -0.2) is 29.5 Å². The van der Waals surface area contributed by atoms with E-state index in [-0.39, 0.29) is 11.0 Å². The largest absolute Gasteiger partial charge is 0.497 e. The van der Waals surface area contributed by atoms with Crippen LogP contribution >= 0.6 is 0 Å². The minimum Gasteiger partial charge on any atom is -0.497 e. The highest BCUT2D eigenvalue weighted by Gasteiger charge is 2.51. The topological polar surface area (TPSA) is 80.6 Å². The van der Waals surface area contributed by atoms with Gasteiger partial charge in [-0.1, -0.05) is 12.1 Å². The van der Waals surface area contributed by atoms with Crippen molar-refractivity contribution in [3.63, 3.8) is 0 Å². The summed E-state index contributed by atoms with van der Waals surface area (Å²) >= 11 is 0. The number of nitrogens with one attached hydrogen (secondary N) is 1. The van der Waals surface area contributed by atoms with Gasteiger partial charge < -0.3 is 9.30 Å². The first-order chi connectivity index (χ1) is 18.9. The Hall–Kier alpha value is -4.13. The molecular weight excluding hydrogens is 490 g/mol. The zero-order valence-electron chi connectivity index (χ0n) is 21.9. The number of barbiturate groups is 1. The van der Waals surface area contributed by atoms with Crippen LogP contribution in [0.25, 0.3) is 11.8 Å². The van der Waals surface area contributed by atoms with Gasteiger partial charge in [0.05, 0.1) is 12.8 Å². The molecule has 198 valence electrons. The van der Waals surface area contributed by atoms with Crippen molar-refractivity contribution in [1.82, 2.24) is 9.88 Å². The molecule has 8 rings (SSSR count). The summed E-state index contributed by atoms with van der Waals surface area (Å²) in [6.45, 7) is 0. The first-order valence-corrected chi connectivity index (χ1v) is 13.8. The van der Waals surface area contributed by atoms with Crippen molar-refractivity contribution in [3.05, 3.63) is 83.7 Å². The van der Waals surface area contributed by atoms with Crippen molar-refractivity contribution in [2.75, 3.05) is 12.0 Å². The molecule has 4 amide bonds. The van der Waals surface area contributed by atoms with Crippen molar-refractivity contribution < 1.29 is 19.1 Å². The number of aromatic nitrogens is 1. The quantitative estimate of drug-likeness (QED) is 0.349. The second-order valence-electron chi connectivity index (χ2n) is 11.7. The number of methoxy groups -OCH3 is 1. The summed E-state index contributed by atoms with van der Waals surface area (Å²) in [5.74, 6) is 1.90. The number of amides is 4. The first-order valence-electron chi connectivity index (χ1n) is 13.8.